The van der Waals surface area contributed by atoms with Crippen LogP contribution < -0.4 is 16.0 Å². The van der Waals surface area contributed by atoms with Gasteiger partial charge in [0.1, 0.15) is 0 Å². The van der Waals surface area contributed by atoms with E-state index in [-0.39, 0.29) is 18.5 Å². The van der Waals surface area contributed by atoms with E-state index in [4.69, 9.17) is 0 Å². The maximum Gasteiger partial charge on any atom is 0.319 e. The molecule has 1 fully saturated rings. The summed E-state index contributed by atoms with van der Waals surface area (Å²) in [4.78, 5) is 23.9. The smallest absolute Gasteiger partial charge is 0.319 e. The van der Waals surface area contributed by atoms with Gasteiger partial charge >= 0.3 is 6.03 Å². The summed E-state index contributed by atoms with van der Waals surface area (Å²) in [7, 11) is 0. The molecule has 3 amide bonds. The van der Waals surface area contributed by atoms with Crippen LogP contribution in [0.3, 0.4) is 0 Å². The lowest BCUT2D eigenvalue weighted by atomic mass is 10.1. The summed E-state index contributed by atoms with van der Waals surface area (Å²) in [6.45, 7) is 2.11. The lowest BCUT2D eigenvalue weighted by Crippen LogP contribution is -2.30. The maximum atomic E-state index is 12.2. The first-order valence-electron chi connectivity index (χ1n) is 8.71. The second-order valence-electron chi connectivity index (χ2n) is 6.59. The highest BCUT2D eigenvalue weighted by Gasteiger charge is 2.23. The average molecular weight is 353 g/mol. The van der Waals surface area contributed by atoms with Gasteiger partial charge in [0.15, 0.2) is 0 Å². The van der Waals surface area contributed by atoms with Gasteiger partial charge in [-0.05, 0) is 49.6 Å². The van der Waals surface area contributed by atoms with Gasteiger partial charge in [0, 0.05) is 23.8 Å². The molecule has 136 valence electrons. The van der Waals surface area contributed by atoms with Crippen LogP contribution in [-0.2, 0) is 0 Å². The molecule has 0 aromatic heterocycles. The lowest BCUT2D eigenvalue weighted by Gasteiger charge is -2.13. The van der Waals surface area contributed by atoms with Crippen LogP contribution in [0, 0.1) is 6.92 Å². The van der Waals surface area contributed by atoms with E-state index in [1.54, 1.807) is 24.3 Å². The third kappa shape index (κ3) is 5.07. The molecule has 0 bridgehead atoms. The second kappa shape index (κ2) is 8.01. The van der Waals surface area contributed by atoms with Crippen LogP contribution in [0.4, 0.5) is 10.5 Å². The Morgan fingerprint density at radius 3 is 2.35 bits per heavy atom. The molecular weight excluding hydrogens is 330 g/mol. The molecule has 0 saturated heterocycles. The molecule has 0 aliphatic heterocycles. The van der Waals surface area contributed by atoms with E-state index in [0.29, 0.717) is 17.3 Å². The van der Waals surface area contributed by atoms with Crippen LogP contribution in [0.25, 0.3) is 0 Å². The van der Waals surface area contributed by atoms with Gasteiger partial charge in [0.2, 0.25) is 0 Å². The summed E-state index contributed by atoms with van der Waals surface area (Å²) in [6.07, 6.45) is 1.30. The Morgan fingerprint density at radius 1 is 1.08 bits per heavy atom. The first kappa shape index (κ1) is 17.9. The molecule has 2 aromatic rings. The van der Waals surface area contributed by atoms with Crippen molar-refractivity contribution in [1.82, 2.24) is 10.6 Å². The van der Waals surface area contributed by atoms with Gasteiger partial charge in [-0.25, -0.2) is 4.79 Å². The number of benzene rings is 2. The van der Waals surface area contributed by atoms with E-state index in [1.165, 1.54) is 0 Å². The van der Waals surface area contributed by atoms with Crippen molar-refractivity contribution >= 4 is 17.6 Å². The SMILES string of the molecule is Cc1ccc([C@H](O)CNC(=O)c2ccc(NC(=O)NC3CC3)cc2)cc1. The van der Waals surface area contributed by atoms with Crippen LogP contribution in [0.1, 0.15) is 40.4 Å². The van der Waals surface area contributed by atoms with Gasteiger partial charge in [-0.15, -0.1) is 0 Å². The van der Waals surface area contributed by atoms with E-state index in [9.17, 15) is 14.7 Å². The lowest BCUT2D eigenvalue weighted by molar-refractivity contribution is 0.0916. The third-order valence-electron chi connectivity index (χ3n) is 4.24. The number of urea groups is 1. The number of anilines is 1. The van der Waals surface area contributed by atoms with E-state index in [1.807, 2.05) is 31.2 Å². The molecule has 4 N–H and O–H groups in total. The summed E-state index contributed by atoms with van der Waals surface area (Å²) < 4.78 is 0. The molecule has 0 spiro atoms. The molecule has 2 aromatic carbocycles. The number of rotatable bonds is 6. The Balaban J connectivity index is 1.49. The number of aliphatic hydroxyl groups is 1. The minimum Gasteiger partial charge on any atom is -0.387 e. The Bertz CT molecular complexity index is 768. The first-order chi connectivity index (χ1) is 12.5. The van der Waals surface area contributed by atoms with Crippen molar-refractivity contribution in [2.75, 3.05) is 11.9 Å². The number of carbonyl (C=O) groups is 2. The minimum atomic E-state index is -0.758. The number of aryl methyl sites for hydroxylation is 1. The molecule has 0 radical (unpaired) electrons. The van der Waals surface area contributed by atoms with Crippen molar-refractivity contribution < 1.29 is 14.7 Å². The van der Waals surface area contributed by atoms with Gasteiger partial charge in [-0.2, -0.15) is 0 Å². The number of aliphatic hydroxyl groups excluding tert-OH is 1. The van der Waals surface area contributed by atoms with Crippen LogP contribution in [-0.4, -0.2) is 29.6 Å². The Labute approximate surface area is 152 Å². The molecule has 1 saturated carbocycles. The quantitative estimate of drug-likeness (QED) is 0.644. The van der Waals surface area contributed by atoms with Gasteiger partial charge in [-0.1, -0.05) is 29.8 Å². The number of hydrogen-bond acceptors (Lipinski definition) is 3. The van der Waals surface area contributed by atoms with Crippen molar-refractivity contribution in [2.45, 2.75) is 31.9 Å². The number of nitrogens with one attached hydrogen (secondary N) is 3. The largest absolute Gasteiger partial charge is 0.387 e. The molecule has 6 heteroatoms. The van der Waals surface area contributed by atoms with Gasteiger partial charge < -0.3 is 21.1 Å². The first-order valence-corrected chi connectivity index (χ1v) is 8.71. The van der Waals surface area contributed by atoms with Gasteiger partial charge in [0.25, 0.3) is 5.91 Å². The minimum absolute atomic E-state index is 0.131. The number of amides is 3. The maximum absolute atomic E-state index is 12.2. The highest BCUT2D eigenvalue weighted by molar-refractivity contribution is 5.95. The summed E-state index contributed by atoms with van der Waals surface area (Å²) >= 11 is 0. The molecule has 6 nitrogen and oxygen atoms in total. The molecule has 3 rings (SSSR count). The Morgan fingerprint density at radius 2 is 1.73 bits per heavy atom. The Kier molecular flexibility index (Phi) is 5.53. The molecule has 0 unspecified atom stereocenters. The summed E-state index contributed by atoms with van der Waals surface area (Å²) in [6, 6.07) is 14.2. The van der Waals surface area contributed by atoms with Crippen LogP contribution >= 0.6 is 0 Å². The normalized spacial score (nSPS) is 14.4. The van der Waals surface area contributed by atoms with Crippen molar-refractivity contribution in [3.63, 3.8) is 0 Å². The van der Waals surface area contributed by atoms with E-state index < -0.39 is 6.10 Å². The molecule has 1 aliphatic rings. The van der Waals surface area contributed by atoms with Gasteiger partial charge in [0.05, 0.1) is 6.10 Å². The van der Waals surface area contributed by atoms with Crippen molar-refractivity contribution in [1.29, 1.82) is 0 Å². The zero-order valence-electron chi connectivity index (χ0n) is 14.7. The second-order valence-corrected chi connectivity index (χ2v) is 6.59. The van der Waals surface area contributed by atoms with Crippen LogP contribution in [0.15, 0.2) is 48.5 Å². The molecule has 26 heavy (non-hydrogen) atoms. The van der Waals surface area contributed by atoms with E-state index >= 15 is 0 Å². The fourth-order valence-electron chi connectivity index (χ4n) is 2.48. The van der Waals surface area contributed by atoms with Crippen LogP contribution in [0.2, 0.25) is 0 Å². The standard InChI is InChI=1S/C20H23N3O3/c1-13-2-4-14(5-3-13)18(24)12-21-19(25)15-6-8-16(9-7-15)22-20(26)23-17-10-11-17/h2-9,17-18,24H,10-12H2,1H3,(H,21,25)(H2,22,23,26)/t18-/m1/s1. The molecule has 1 atom stereocenters. The third-order valence-corrected chi connectivity index (χ3v) is 4.24. The fraction of sp³-hybridized carbons (Fsp3) is 0.300. The van der Waals surface area contributed by atoms with Crippen molar-refractivity contribution in [2.24, 2.45) is 0 Å². The predicted molar refractivity (Wildman–Crippen MR) is 100 cm³/mol. The topological polar surface area (TPSA) is 90.5 Å². The van der Waals surface area contributed by atoms with Crippen LogP contribution in [0.5, 0.6) is 0 Å². The van der Waals surface area contributed by atoms with Crippen molar-refractivity contribution in [3.05, 3.63) is 65.2 Å². The highest BCUT2D eigenvalue weighted by atomic mass is 16.3. The van der Waals surface area contributed by atoms with Gasteiger partial charge in [-0.3, -0.25) is 4.79 Å². The number of hydrogen-bond donors (Lipinski definition) is 4. The fourth-order valence-corrected chi connectivity index (χ4v) is 2.48. The zero-order chi connectivity index (χ0) is 18.5. The van der Waals surface area contributed by atoms with E-state index in [0.717, 1.165) is 24.0 Å². The summed E-state index contributed by atoms with van der Waals surface area (Å²) in [5, 5.41) is 18.4. The average Bonchev–Trinajstić information content (AvgIpc) is 3.44. The monoisotopic (exact) mass is 353 g/mol. The zero-order valence-corrected chi connectivity index (χ0v) is 14.7. The van der Waals surface area contributed by atoms with Crippen molar-refractivity contribution in [3.8, 4) is 0 Å². The predicted octanol–water partition coefficient (Wildman–Crippen LogP) is 2.74. The summed E-state index contributed by atoms with van der Waals surface area (Å²) in [5.74, 6) is -0.273. The molecule has 1 aliphatic carbocycles. The number of carbonyl (C=O) groups excluding carboxylic acids is 2. The summed E-state index contributed by atoms with van der Waals surface area (Å²) in [5.41, 5.74) is 2.97. The van der Waals surface area contributed by atoms with E-state index in [2.05, 4.69) is 16.0 Å². The highest BCUT2D eigenvalue weighted by Crippen LogP contribution is 2.19. The molecule has 0 heterocycles. The Hall–Kier alpha value is -2.86. The molecular formula is C20H23N3O3.